The normalized spacial score (nSPS) is 11.9. The number of hydrogen-bond acceptors (Lipinski definition) is 0. The van der Waals surface area contributed by atoms with Crippen LogP contribution in [0.3, 0.4) is 0 Å². The summed E-state index contributed by atoms with van der Waals surface area (Å²) in [4.78, 5) is 0. The van der Waals surface area contributed by atoms with Crippen LogP contribution in [0.1, 0.15) is 5.56 Å². The second-order valence-electron chi connectivity index (χ2n) is 22.4. The Balaban J connectivity index is 0.000000131. The van der Waals surface area contributed by atoms with Gasteiger partial charge in [-0.05, 0) is 165 Å². The molecule has 0 radical (unpaired) electrons. The fourth-order valence-electron chi connectivity index (χ4n) is 13.9. The fraction of sp³-hybridized carbons (Fsp3) is 0.0123. The van der Waals surface area contributed by atoms with Crippen molar-refractivity contribution in [3.63, 3.8) is 0 Å². The predicted octanol–water partition coefficient (Wildman–Crippen LogP) is 22.3. The quantitative estimate of drug-likeness (QED) is 0.147. The number of fused-ring (bicyclic) bond motifs is 6. The summed E-state index contributed by atoms with van der Waals surface area (Å²) < 4.78 is 4.76. The second-order valence-corrected chi connectivity index (χ2v) is 22.4. The number of nitrogens with zero attached hydrogens (tertiary/aromatic N) is 2. The molecule has 16 aromatic carbocycles. The third-order valence-electron chi connectivity index (χ3n) is 17.8. The van der Waals surface area contributed by atoms with Crippen LogP contribution in [0.2, 0.25) is 0 Å². The van der Waals surface area contributed by atoms with Crippen molar-refractivity contribution in [2.24, 2.45) is 0 Å². The number of aryl methyl sites for hydroxylation is 1. The third kappa shape index (κ3) is 7.36. The highest BCUT2D eigenvalue weighted by Crippen LogP contribution is 2.45. The number of hydrogen-bond donors (Lipinski definition) is 0. The van der Waals surface area contributed by atoms with E-state index >= 15 is 0 Å². The van der Waals surface area contributed by atoms with E-state index in [1.54, 1.807) is 0 Å². The third-order valence-corrected chi connectivity index (χ3v) is 17.8. The first kappa shape index (κ1) is 47.1. The monoisotopic (exact) mass is 1050 g/mol. The molecule has 0 bridgehead atoms. The first-order valence-electron chi connectivity index (χ1n) is 28.8. The lowest BCUT2D eigenvalue weighted by atomic mass is 9.87. The van der Waals surface area contributed by atoms with Gasteiger partial charge in [0.25, 0.3) is 0 Å². The van der Waals surface area contributed by atoms with Gasteiger partial charge in [0.15, 0.2) is 0 Å². The van der Waals surface area contributed by atoms with Crippen LogP contribution in [0.4, 0.5) is 0 Å². The topological polar surface area (TPSA) is 9.86 Å². The summed E-state index contributed by atoms with van der Waals surface area (Å²) in [6.07, 6.45) is 0. The van der Waals surface area contributed by atoms with E-state index < -0.39 is 0 Å². The van der Waals surface area contributed by atoms with Gasteiger partial charge in [0, 0.05) is 32.9 Å². The summed E-state index contributed by atoms with van der Waals surface area (Å²) >= 11 is 0. The van der Waals surface area contributed by atoms with Gasteiger partial charge in [-0.2, -0.15) is 0 Å². The van der Waals surface area contributed by atoms with Gasteiger partial charge in [-0.1, -0.05) is 254 Å². The molecular weight excluding hydrogens is 1000 g/mol. The Morgan fingerprint density at radius 1 is 0.193 bits per heavy atom. The predicted molar refractivity (Wildman–Crippen MR) is 355 cm³/mol. The molecule has 2 aromatic heterocycles. The van der Waals surface area contributed by atoms with E-state index in [4.69, 9.17) is 0 Å². The maximum Gasteiger partial charge on any atom is 0.0541 e. The number of benzene rings is 16. The van der Waals surface area contributed by atoms with E-state index in [1.807, 2.05) is 0 Å². The Morgan fingerprint density at radius 3 is 0.759 bits per heavy atom. The number of aromatic nitrogens is 2. The van der Waals surface area contributed by atoms with Crippen LogP contribution >= 0.6 is 0 Å². The summed E-state index contributed by atoms with van der Waals surface area (Å²) in [5, 5.41) is 20.9. The molecule has 83 heavy (non-hydrogen) atoms. The molecule has 0 aliphatic heterocycles. The molecule has 18 rings (SSSR count). The van der Waals surface area contributed by atoms with Crippen LogP contribution in [0.25, 0.3) is 164 Å². The molecule has 0 spiro atoms. The van der Waals surface area contributed by atoms with Crippen molar-refractivity contribution in [1.82, 2.24) is 9.13 Å². The summed E-state index contributed by atoms with van der Waals surface area (Å²) in [7, 11) is 0. The molecule has 0 aliphatic rings. The van der Waals surface area contributed by atoms with Crippen LogP contribution in [-0.4, -0.2) is 9.13 Å². The van der Waals surface area contributed by atoms with Crippen molar-refractivity contribution in [2.45, 2.75) is 6.92 Å². The van der Waals surface area contributed by atoms with Gasteiger partial charge in [-0.3, -0.25) is 0 Å². The first-order valence-corrected chi connectivity index (χ1v) is 28.8. The largest absolute Gasteiger partial charge is 0.309 e. The van der Waals surface area contributed by atoms with Gasteiger partial charge in [0.05, 0.1) is 22.1 Å². The zero-order valence-electron chi connectivity index (χ0n) is 45.7. The molecule has 18 aromatic rings. The smallest absolute Gasteiger partial charge is 0.0541 e. The van der Waals surface area contributed by atoms with E-state index in [1.165, 1.54) is 170 Å². The van der Waals surface area contributed by atoms with Crippen molar-refractivity contribution >= 4 is 108 Å². The Kier molecular flexibility index (Phi) is 10.6. The molecule has 0 aliphatic carbocycles. The van der Waals surface area contributed by atoms with Gasteiger partial charge in [0.1, 0.15) is 0 Å². The Labute approximate surface area is 480 Å². The van der Waals surface area contributed by atoms with Crippen molar-refractivity contribution in [3.05, 3.63) is 303 Å². The maximum atomic E-state index is 2.38. The van der Waals surface area contributed by atoms with Crippen LogP contribution in [-0.2, 0) is 0 Å². The van der Waals surface area contributed by atoms with Crippen molar-refractivity contribution in [2.75, 3.05) is 0 Å². The van der Waals surface area contributed by atoms with E-state index in [-0.39, 0.29) is 0 Å². The van der Waals surface area contributed by atoms with E-state index in [2.05, 4.69) is 313 Å². The molecule has 0 unspecified atom stereocenters. The van der Waals surface area contributed by atoms with Gasteiger partial charge >= 0.3 is 0 Å². The molecule has 2 heteroatoms. The summed E-state index contributed by atoms with van der Waals surface area (Å²) in [6.45, 7) is 2.14. The number of rotatable bonds is 6. The van der Waals surface area contributed by atoms with Crippen LogP contribution in [0.5, 0.6) is 0 Å². The first-order chi connectivity index (χ1) is 41.1. The Bertz CT molecular complexity index is 5420. The van der Waals surface area contributed by atoms with Gasteiger partial charge in [-0.15, -0.1) is 0 Å². The van der Waals surface area contributed by atoms with Crippen molar-refractivity contribution < 1.29 is 0 Å². The van der Waals surface area contributed by atoms with E-state index in [0.29, 0.717) is 0 Å². The fourth-order valence-corrected chi connectivity index (χ4v) is 13.9. The molecule has 386 valence electrons. The molecule has 2 heterocycles. The lowest BCUT2D eigenvalue weighted by molar-refractivity contribution is 1.18. The molecule has 0 atom stereocenters. The molecule has 0 saturated carbocycles. The lowest BCUT2D eigenvalue weighted by Gasteiger charge is -2.17. The minimum Gasteiger partial charge on any atom is -0.309 e. The molecule has 0 fully saturated rings. The maximum absolute atomic E-state index is 2.38. The SMILES string of the molecule is Cc1ccc(-c2ccc3ccc4c(-c5ccc(-n6c7ccccc7c7ccccc76)cc5)ccc5ccc2c3c54)cc1.c1ccc(-c2ccc3ccc4c(-c5ccc(-n6c7ccccc7c7ccccc76)cc5)ccc5ccc2c3c54)cc1. The summed E-state index contributed by atoms with van der Waals surface area (Å²) in [5.74, 6) is 0. The molecule has 0 saturated heterocycles. The second kappa shape index (κ2) is 18.6. The van der Waals surface area contributed by atoms with Gasteiger partial charge in [-0.25, -0.2) is 0 Å². The van der Waals surface area contributed by atoms with Gasteiger partial charge in [0.2, 0.25) is 0 Å². The molecule has 2 nitrogen and oxygen atoms in total. The lowest BCUT2D eigenvalue weighted by Crippen LogP contribution is -1.94. The standard InChI is InChI=1S/C41H27N.C40H25N/c1-26-10-12-27(13-11-26)32-22-16-29-19-25-37-33(23-17-30-18-24-36(32)40(29)41(30)37)28-14-20-31(21-15-28)42-38-8-4-2-6-34(38)35-7-3-5-9-39(35)42;1-2-8-26(9-3-1)31-22-16-28-19-25-36-32(23-17-29-18-24-35(31)39(28)40(29)36)27-14-20-30(21-15-27)41-37-12-6-4-10-33(37)34-11-5-7-13-38(34)41/h2-25H,1H3;1-25H. The highest BCUT2D eigenvalue weighted by Gasteiger charge is 2.19. The zero-order chi connectivity index (χ0) is 54.7. The Hall–Kier alpha value is -10.8. The molecular formula is C81H52N2. The average molecular weight is 1050 g/mol. The van der Waals surface area contributed by atoms with E-state index in [0.717, 1.165) is 0 Å². The van der Waals surface area contributed by atoms with E-state index in [9.17, 15) is 0 Å². The number of para-hydroxylation sites is 4. The van der Waals surface area contributed by atoms with Crippen LogP contribution in [0.15, 0.2) is 297 Å². The highest BCUT2D eigenvalue weighted by molar-refractivity contribution is 6.29. The zero-order valence-corrected chi connectivity index (χ0v) is 45.7. The van der Waals surface area contributed by atoms with Gasteiger partial charge < -0.3 is 9.13 Å². The summed E-state index contributed by atoms with van der Waals surface area (Å²) in [5.41, 5.74) is 18.7. The van der Waals surface area contributed by atoms with Crippen molar-refractivity contribution in [3.8, 4) is 55.9 Å². The van der Waals surface area contributed by atoms with Crippen molar-refractivity contribution in [1.29, 1.82) is 0 Å². The Morgan fingerprint density at radius 2 is 0.446 bits per heavy atom. The van der Waals surface area contributed by atoms with Crippen LogP contribution in [0, 0.1) is 6.92 Å². The van der Waals surface area contributed by atoms with Crippen LogP contribution < -0.4 is 0 Å². The minimum absolute atomic E-state index is 1.18. The molecule has 0 N–H and O–H groups in total. The highest BCUT2D eigenvalue weighted by atomic mass is 15.0. The molecule has 0 amide bonds. The minimum atomic E-state index is 1.18. The summed E-state index contributed by atoms with van der Waals surface area (Å²) in [6, 6.07) is 109. The average Bonchev–Trinajstić information content (AvgIpc) is 3.36.